The molecule has 152 valence electrons. The molecule has 1 amide bonds. The first-order chi connectivity index (χ1) is 13.2. The molecular weight excluding hydrogens is 468 g/mol. The minimum Gasteiger partial charge on any atom is -0.383 e. The van der Waals surface area contributed by atoms with Crippen molar-refractivity contribution in [3.8, 4) is 0 Å². The summed E-state index contributed by atoms with van der Waals surface area (Å²) in [6, 6.07) is 12.9. The molecule has 6 nitrogen and oxygen atoms in total. The second-order valence-electron chi connectivity index (χ2n) is 6.28. The Morgan fingerprint density at radius 2 is 1.79 bits per heavy atom. The average molecular weight is 490 g/mol. The number of hydrogen-bond donors (Lipinski definition) is 1. The van der Waals surface area contributed by atoms with Gasteiger partial charge in [0.25, 0.3) is 0 Å². The van der Waals surface area contributed by atoms with Crippen molar-refractivity contribution in [2.45, 2.75) is 24.4 Å². The van der Waals surface area contributed by atoms with E-state index in [9.17, 15) is 13.2 Å². The van der Waals surface area contributed by atoms with Gasteiger partial charge in [-0.1, -0.05) is 39.7 Å². The molecule has 2 aromatic carbocycles. The summed E-state index contributed by atoms with van der Waals surface area (Å²) in [5.41, 5.74) is 0.762. The number of nitrogens with one attached hydrogen (secondary N) is 1. The second-order valence-corrected chi connectivity index (χ2v) is 9.57. The van der Waals surface area contributed by atoms with Gasteiger partial charge in [0.1, 0.15) is 0 Å². The zero-order chi connectivity index (χ0) is 20.7. The molecule has 0 aliphatic carbocycles. The van der Waals surface area contributed by atoms with Crippen molar-refractivity contribution >= 4 is 43.5 Å². The van der Waals surface area contributed by atoms with E-state index in [1.54, 1.807) is 19.1 Å². The Labute approximate surface area is 179 Å². The molecule has 0 saturated carbocycles. The fourth-order valence-corrected chi connectivity index (χ4v) is 4.32. The number of ether oxygens (including phenoxy) is 1. The molecule has 1 atom stereocenters. The predicted molar refractivity (Wildman–Crippen MR) is 113 cm³/mol. The number of sulfonamides is 1. The number of benzene rings is 2. The highest BCUT2D eigenvalue weighted by Crippen LogP contribution is 2.21. The van der Waals surface area contributed by atoms with Crippen LogP contribution in [0.1, 0.15) is 12.5 Å². The van der Waals surface area contributed by atoms with Gasteiger partial charge in [-0.2, -0.15) is 4.31 Å². The third-order valence-corrected chi connectivity index (χ3v) is 6.45. The van der Waals surface area contributed by atoms with Gasteiger partial charge in [0.15, 0.2) is 0 Å². The third kappa shape index (κ3) is 6.56. The van der Waals surface area contributed by atoms with Gasteiger partial charge in [0, 0.05) is 29.2 Å². The molecule has 2 aromatic rings. The lowest BCUT2D eigenvalue weighted by atomic mass is 10.2. The molecule has 0 aliphatic heterocycles. The van der Waals surface area contributed by atoms with Crippen molar-refractivity contribution in [1.29, 1.82) is 0 Å². The van der Waals surface area contributed by atoms with Crippen LogP contribution in [0.2, 0.25) is 5.02 Å². The molecule has 2 rings (SSSR count). The van der Waals surface area contributed by atoms with E-state index in [-0.39, 0.29) is 24.0 Å². The third-order valence-electron chi connectivity index (χ3n) is 3.87. The molecule has 0 aliphatic rings. The van der Waals surface area contributed by atoms with Gasteiger partial charge in [-0.3, -0.25) is 4.79 Å². The highest BCUT2D eigenvalue weighted by molar-refractivity contribution is 9.10. The van der Waals surface area contributed by atoms with Gasteiger partial charge >= 0.3 is 0 Å². The number of rotatable bonds is 9. The largest absolute Gasteiger partial charge is 0.383 e. The van der Waals surface area contributed by atoms with Gasteiger partial charge in [-0.15, -0.1) is 0 Å². The summed E-state index contributed by atoms with van der Waals surface area (Å²) in [7, 11) is -2.36. The van der Waals surface area contributed by atoms with E-state index in [1.165, 1.54) is 31.4 Å². The monoisotopic (exact) mass is 488 g/mol. The fraction of sp³-hybridized carbons (Fsp3) is 0.316. The zero-order valence-corrected chi connectivity index (χ0v) is 18.7. The maximum atomic E-state index is 13.1. The highest BCUT2D eigenvalue weighted by Gasteiger charge is 2.27. The molecule has 28 heavy (non-hydrogen) atoms. The van der Waals surface area contributed by atoms with Gasteiger partial charge in [0.05, 0.1) is 18.0 Å². The van der Waals surface area contributed by atoms with Crippen LogP contribution in [0.4, 0.5) is 0 Å². The van der Waals surface area contributed by atoms with Crippen LogP contribution < -0.4 is 5.32 Å². The van der Waals surface area contributed by atoms with Crippen LogP contribution in [0.3, 0.4) is 0 Å². The lowest BCUT2D eigenvalue weighted by molar-refractivity contribution is -0.122. The lowest BCUT2D eigenvalue weighted by Crippen LogP contribution is -2.44. The van der Waals surface area contributed by atoms with Crippen molar-refractivity contribution in [3.05, 3.63) is 63.6 Å². The van der Waals surface area contributed by atoms with E-state index in [4.69, 9.17) is 16.3 Å². The zero-order valence-electron chi connectivity index (χ0n) is 15.6. The van der Waals surface area contributed by atoms with Crippen LogP contribution in [0.15, 0.2) is 57.9 Å². The van der Waals surface area contributed by atoms with E-state index < -0.39 is 15.9 Å². The lowest BCUT2D eigenvalue weighted by Gasteiger charge is -2.23. The van der Waals surface area contributed by atoms with Crippen molar-refractivity contribution in [1.82, 2.24) is 9.62 Å². The Balaban J connectivity index is 2.27. The van der Waals surface area contributed by atoms with E-state index in [2.05, 4.69) is 21.2 Å². The second kappa shape index (κ2) is 10.4. The number of methoxy groups -OCH3 is 1. The quantitative estimate of drug-likeness (QED) is 0.585. The van der Waals surface area contributed by atoms with Gasteiger partial charge < -0.3 is 10.1 Å². The molecule has 0 aromatic heterocycles. The minimum atomic E-state index is -3.90. The predicted octanol–water partition coefficient (Wildman–Crippen LogP) is 3.44. The number of nitrogens with zero attached hydrogens (tertiary/aromatic N) is 1. The summed E-state index contributed by atoms with van der Waals surface area (Å²) in [6.45, 7) is 1.87. The number of hydrogen-bond acceptors (Lipinski definition) is 4. The van der Waals surface area contributed by atoms with Crippen molar-refractivity contribution in [2.24, 2.45) is 0 Å². The Kier molecular flexibility index (Phi) is 8.45. The van der Waals surface area contributed by atoms with Crippen molar-refractivity contribution < 1.29 is 17.9 Å². The van der Waals surface area contributed by atoms with E-state index in [0.717, 1.165) is 14.3 Å². The molecule has 0 heterocycles. The molecule has 0 fully saturated rings. The van der Waals surface area contributed by atoms with E-state index in [0.29, 0.717) is 11.6 Å². The van der Waals surface area contributed by atoms with Crippen LogP contribution in [-0.4, -0.2) is 44.9 Å². The highest BCUT2D eigenvalue weighted by atomic mass is 79.9. The SMILES string of the molecule is COC[C@@H](C)NC(=O)CN(Cc1ccc(Br)cc1)S(=O)(=O)c1ccc(Cl)cc1. The maximum absolute atomic E-state index is 13.1. The smallest absolute Gasteiger partial charge is 0.243 e. The van der Waals surface area contributed by atoms with Crippen LogP contribution in [0.25, 0.3) is 0 Å². The van der Waals surface area contributed by atoms with Gasteiger partial charge in [-0.25, -0.2) is 8.42 Å². The van der Waals surface area contributed by atoms with Crippen LogP contribution in [0.5, 0.6) is 0 Å². The average Bonchev–Trinajstić information content (AvgIpc) is 2.63. The summed E-state index contributed by atoms with van der Waals surface area (Å²) in [6.07, 6.45) is 0. The summed E-state index contributed by atoms with van der Waals surface area (Å²) >= 11 is 9.22. The number of carbonyl (C=O) groups is 1. The molecule has 9 heteroatoms. The first kappa shape index (κ1) is 22.8. The molecule has 0 spiro atoms. The Morgan fingerprint density at radius 1 is 1.18 bits per heavy atom. The van der Waals surface area contributed by atoms with Gasteiger partial charge in [-0.05, 0) is 48.9 Å². The number of amides is 1. The summed E-state index contributed by atoms with van der Waals surface area (Å²) in [5, 5.41) is 3.17. The van der Waals surface area contributed by atoms with Crippen molar-refractivity contribution in [2.75, 3.05) is 20.3 Å². The normalized spacial score (nSPS) is 12.8. The molecule has 0 unspecified atom stereocenters. The first-order valence-corrected chi connectivity index (χ1v) is 11.1. The Bertz CT molecular complexity index is 889. The van der Waals surface area contributed by atoms with E-state index in [1.807, 2.05) is 12.1 Å². The Hall–Kier alpha value is -1.45. The number of halogens is 2. The molecule has 1 N–H and O–H groups in total. The molecule has 0 radical (unpaired) electrons. The van der Waals surface area contributed by atoms with Crippen LogP contribution in [-0.2, 0) is 26.1 Å². The Morgan fingerprint density at radius 3 is 2.36 bits per heavy atom. The number of carbonyl (C=O) groups excluding carboxylic acids is 1. The fourth-order valence-electron chi connectivity index (χ4n) is 2.55. The van der Waals surface area contributed by atoms with E-state index >= 15 is 0 Å². The summed E-state index contributed by atoms with van der Waals surface area (Å²) in [5.74, 6) is -0.404. The standard InChI is InChI=1S/C19H22BrClN2O4S/c1-14(13-27-2)22-19(24)12-23(11-15-3-5-16(20)6-4-15)28(25,26)18-9-7-17(21)8-10-18/h3-10,14H,11-13H2,1-2H3,(H,22,24)/t14-/m1/s1. The van der Waals surface area contributed by atoms with Crippen LogP contribution in [0, 0.1) is 0 Å². The molecule has 0 bridgehead atoms. The first-order valence-electron chi connectivity index (χ1n) is 8.51. The summed E-state index contributed by atoms with van der Waals surface area (Å²) in [4.78, 5) is 12.5. The molecule has 0 saturated heterocycles. The molecular formula is C19H22BrClN2O4S. The van der Waals surface area contributed by atoms with Crippen molar-refractivity contribution in [3.63, 3.8) is 0 Å². The maximum Gasteiger partial charge on any atom is 0.243 e. The van der Waals surface area contributed by atoms with Crippen LogP contribution >= 0.6 is 27.5 Å². The van der Waals surface area contributed by atoms with Gasteiger partial charge in [0.2, 0.25) is 15.9 Å². The topological polar surface area (TPSA) is 75.7 Å². The minimum absolute atomic E-state index is 0.0598. The summed E-state index contributed by atoms with van der Waals surface area (Å²) < 4.78 is 33.3.